The molecular weight excluding hydrogens is 355 g/mol. The number of methoxy groups -OCH3 is 2. The van der Waals surface area contributed by atoms with Crippen LogP contribution in [0.15, 0.2) is 60.0 Å². The summed E-state index contributed by atoms with van der Waals surface area (Å²) in [5, 5.41) is 0.678. The first-order valence-electron chi connectivity index (χ1n) is 7.79. The molecule has 0 aliphatic carbocycles. The third kappa shape index (κ3) is 3.88. The van der Waals surface area contributed by atoms with Crippen LogP contribution < -0.4 is 9.47 Å². The molecule has 1 aromatic heterocycles. The van der Waals surface area contributed by atoms with Crippen molar-refractivity contribution in [1.82, 2.24) is 9.55 Å². The lowest BCUT2D eigenvalue weighted by Crippen LogP contribution is -2.05. The van der Waals surface area contributed by atoms with Crippen molar-refractivity contribution in [2.45, 2.75) is 5.16 Å². The van der Waals surface area contributed by atoms with Gasteiger partial charge in [-0.25, -0.2) is 9.37 Å². The van der Waals surface area contributed by atoms with Crippen LogP contribution >= 0.6 is 11.8 Å². The highest BCUT2D eigenvalue weighted by molar-refractivity contribution is 7.99. The summed E-state index contributed by atoms with van der Waals surface area (Å²) in [6.07, 6.45) is 3.49. The maximum atomic E-state index is 13.8. The van der Waals surface area contributed by atoms with E-state index in [2.05, 4.69) is 4.98 Å². The third-order valence-electron chi connectivity index (χ3n) is 3.76. The normalized spacial score (nSPS) is 10.6. The highest BCUT2D eigenvalue weighted by Gasteiger charge is 2.13. The molecule has 3 rings (SSSR count). The number of benzene rings is 2. The number of nitrogens with zero attached hydrogens (tertiary/aromatic N) is 2. The lowest BCUT2D eigenvalue weighted by molar-refractivity contribution is 0.102. The van der Waals surface area contributed by atoms with Crippen molar-refractivity contribution < 1.29 is 18.7 Å². The predicted octanol–water partition coefficient (Wildman–Crippen LogP) is 4.00. The number of aromatic nitrogens is 2. The molecule has 0 saturated carbocycles. The summed E-state index contributed by atoms with van der Waals surface area (Å²) in [5.41, 5.74) is 1.21. The topological polar surface area (TPSA) is 53.4 Å². The van der Waals surface area contributed by atoms with E-state index in [9.17, 15) is 9.18 Å². The van der Waals surface area contributed by atoms with Gasteiger partial charge in [0, 0.05) is 23.6 Å². The summed E-state index contributed by atoms with van der Waals surface area (Å²) in [6.45, 7) is 0. The van der Waals surface area contributed by atoms with E-state index in [1.807, 2.05) is 35.0 Å². The summed E-state index contributed by atoms with van der Waals surface area (Å²) >= 11 is 1.29. The van der Waals surface area contributed by atoms with E-state index in [1.165, 1.54) is 31.0 Å². The molecule has 0 spiro atoms. The molecule has 0 N–H and O–H groups in total. The number of Topliss-reactive ketones (excluding diaryl/α,β-unsaturated/α-hetero) is 1. The first kappa shape index (κ1) is 18.0. The Morgan fingerprint density at radius 2 is 1.92 bits per heavy atom. The molecule has 0 bridgehead atoms. The molecule has 3 aromatic rings. The van der Waals surface area contributed by atoms with Gasteiger partial charge in [0.15, 0.2) is 22.5 Å². The van der Waals surface area contributed by atoms with Gasteiger partial charge in [0.1, 0.15) is 5.75 Å². The van der Waals surface area contributed by atoms with Crippen LogP contribution in [-0.2, 0) is 0 Å². The zero-order valence-corrected chi connectivity index (χ0v) is 15.1. The minimum atomic E-state index is -0.553. The van der Waals surface area contributed by atoms with E-state index in [-0.39, 0.29) is 17.3 Å². The Labute approximate surface area is 154 Å². The Kier molecular flexibility index (Phi) is 5.58. The summed E-state index contributed by atoms with van der Waals surface area (Å²) in [7, 11) is 3.00. The minimum Gasteiger partial charge on any atom is -0.497 e. The molecule has 5 nitrogen and oxygen atoms in total. The fourth-order valence-corrected chi connectivity index (χ4v) is 3.26. The Balaban J connectivity index is 1.71. The van der Waals surface area contributed by atoms with E-state index < -0.39 is 5.82 Å². The van der Waals surface area contributed by atoms with Crippen LogP contribution in [0.25, 0.3) is 5.69 Å². The highest BCUT2D eigenvalue weighted by atomic mass is 32.2. The summed E-state index contributed by atoms with van der Waals surface area (Å²) in [5.74, 6) is 0.298. The largest absolute Gasteiger partial charge is 0.497 e. The van der Waals surface area contributed by atoms with Crippen LogP contribution in [0.1, 0.15) is 10.4 Å². The summed E-state index contributed by atoms with van der Waals surface area (Å²) < 4.78 is 25.7. The molecule has 0 amide bonds. The Hall–Kier alpha value is -2.80. The number of carbonyl (C=O) groups excluding carboxylic acids is 1. The Morgan fingerprint density at radius 3 is 2.58 bits per heavy atom. The quantitative estimate of drug-likeness (QED) is 0.463. The first-order valence-corrected chi connectivity index (χ1v) is 8.78. The molecule has 0 saturated heterocycles. The summed E-state index contributed by atoms with van der Waals surface area (Å²) in [4.78, 5) is 16.6. The van der Waals surface area contributed by atoms with Gasteiger partial charge >= 0.3 is 0 Å². The summed E-state index contributed by atoms with van der Waals surface area (Å²) in [6, 6.07) is 11.7. The second-order valence-corrected chi connectivity index (χ2v) is 6.28. The maximum absolute atomic E-state index is 13.8. The molecule has 0 radical (unpaired) electrons. The fraction of sp³-hybridized carbons (Fsp3) is 0.158. The van der Waals surface area contributed by atoms with Gasteiger partial charge in [-0.05, 0) is 42.5 Å². The maximum Gasteiger partial charge on any atom is 0.173 e. The molecule has 0 fully saturated rings. The van der Waals surface area contributed by atoms with E-state index in [0.29, 0.717) is 10.7 Å². The van der Waals surface area contributed by atoms with Crippen molar-refractivity contribution in [2.75, 3.05) is 20.0 Å². The Morgan fingerprint density at radius 1 is 1.15 bits per heavy atom. The number of hydrogen-bond acceptors (Lipinski definition) is 5. The minimum absolute atomic E-state index is 0.115. The second-order valence-electron chi connectivity index (χ2n) is 5.34. The molecular formula is C19H17FN2O3S. The smallest absolute Gasteiger partial charge is 0.173 e. The van der Waals surface area contributed by atoms with Gasteiger partial charge in [-0.15, -0.1) is 0 Å². The van der Waals surface area contributed by atoms with Crippen molar-refractivity contribution >= 4 is 17.5 Å². The highest BCUT2D eigenvalue weighted by Crippen LogP contribution is 2.24. The lowest BCUT2D eigenvalue weighted by Gasteiger charge is -2.08. The SMILES string of the molecule is COc1ccc(-n2ccnc2SCC(=O)c2ccc(OC)c(F)c2)cc1. The molecule has 0 aliphatic heterocycles. The standard InChI is InChI=1S/C19H17FN2O3S/c1-24-15-6-4-14(5-7-15)22-10-9-21-19(22)26-12-17(23)13-3-8-18(25-2)16(20)11-13/h3-11H,12H2,1-2H3. The van der Waals surface area contributed by atoms with E-state index in [1.54, 1.807) is 19.4 Å². The van der Waals surface area contributed by atoms with Crippen molar-refractivity contribution in [3.05, 3.63) is 66.2 Å². The predicted molar refractivity (Wildman–Crippen MR) is 98.1 cm³/mol. The van der Waals surface area contributed by atoms with Crippen LogP contribution in [0.5, 0.6) is 11.5 Å². The monoisotopic (exact) mass is 372 g/mol. The zero-order chi connectivity index (χ0) is 18.5. The molecule has 0 unspecified atom stereocenters. The molecule has 7 heteroatoms. The second kappa shape index (κ2) is 8.05. The number of rotatable bonds is 7. The van der Waals surface area contributed by atoms with Crippen LogP contribution in [0, 0.1) is 5.82 Å². The van der Waals surface area contributed by atoms with E-state index in [0.717, 1.165) is 11.4 Å². The first-order chi connectivity index (χ1) is 12.6. The average Bonchev–Trinajstić information content (AvgIpc) is 3.14. The van der Waals surface area contributed by atoms with E-state index >= 15 is 0 Å². The number of halogens is 1. The molecule has 0 aliphatic rings. The molecule has 1 heterocycles. The zero-order valence-electron chi connectivity index (χ0n) is 14.3. The molecule has 26 heavy (non-hydrogen) atoms. The number of imidazole rings is 1. The van der Waals surface area contributed by atoms with Crippen molar-refractivity contribution in [3.8, 4) is 17.2 Å². The number of ether oxygens (including phenoxy) is 2. The average molecular weight is 372 g/mol. The van der Waals surface area contributed by atoms with E-state index in [4.69, 9.17) is 9.47 Å². The van der Waals surface area contributed by atoms with Gasteiger partial charge < -0.3 is 9.47 Å². The van der Waals surface area contributed by atoms with Crippen molar-refractivity contribution in [1.29, 1.82) is 0 Å². The van der Waals surface area contributed by atoms with Crippen LogP contribution in [-0.4, -0.2) is 35.3 Å². The van der Waals surface area contributed by atoms with Gasteiger partial charge in [-0.3, -0.25) is 9.36 Å². The third-order valence-corrected chi connectivity index (χ3v) is 4.73. The number of thioether (sulfide) groups is 1. The fourth-order valence-electron chi connectivity index (χ4n) is 2.39. The van der Waals surface area contributed by atoms with Gasteiger partial charge in [0.05, 0.1) is 20.0 Å². The number of hydrogen-bond donors (Lipinski definition) is 0. The molecule has 134 valence electrons. The van der Waals surface area contributed by atoms with Gasteiger partial charge in [0.25, 0.3) is 0 Å². The van der Waals surface area contributed by atoms with Gasteiger partial charge in [0.2, 0.25) is 0 Å². The van der Waals surface area contributed by atoms with Gasteiger partial charge in [-0.2, -0.15) is 0 Å². The van der Waals surface area contributed by atoms with Crippen LogP contribution in [0.4, 0.5) is 4.39 Å². The van der Waals surface area contributed by atoms with Crippen molar-refractivity contribution in [3.63, 3.8) is 0 Å². The number of carbonyl (C=O) groups is 1. The Bertz CT molecular complexity index is 909. The molecule has 2 aromatic carbocycles. The van der Waals surface area contributed by atoms with Gasteiger partial charge in [-0.1, -0.05) is 11.8 Å². The lowest BCUT2D eigenvalue weighted by atomic mass is 10.1. The molecule has 0 atom stereocenters. The van der Waals surface area contributed by atoms with Crippen LogP contribution in [0.3, 0.4) is 0 Å². The van der Waals surface area contributed by atoms with Crippen LogP contribution in [0.2, 0.25) is 0 Å². The number of ketones is 1. The van der Waals surface area contributed by atoms with Crippen molar-refractivity contribution in [2.24, 2.45) is 0 Å².